The van der Waals surface area contributed by atoms with E-state index in [1.165, 1.54) is 0 Å². The highest BCUT2D eigenvalue weighted by molar-refractivity contribution is 5.96. The minimum atomic E-state index is -0.489. The van der Waals surface area contributed by atoms with Crippen LogP contribution in [0.15, 0.2) is 18.2 Å². The Morgan fingerprint density at radius 2 is 1.95 bits per heavy atom. The third-order valence-electron chi connectivity index (χ3n) is 2.42. The third kappa shape index (κ3) is 5.09. The minimum Gasteiger partial charge on any atom is -0.366 e. The molecule has 0 aliphatic carbocycles. The number of carbonyl (C=O) groups is 2. The van der Waals surface area contributed by atoms with Gasteiger partial charge in [0.05, 0.1) is 5.60 Å². The number of ether oxygens (including phenoxy) is 1. The number of nitrogens with two attached hydrogens (primary N) is 1. The molecular weight excluding hydrogens is 244 g/mol. The first kappa shape index (κ1) is 15.2. The topological polar surface area (TPSA) is 81.4 Å². The van der Waals surface area contributed by atoms with Crippen molar-refractivity contribution >= 4 is 17.5 Å². The van der Waals surface area contributed by atoms with Crippen molar-refractivity contribution in [3.05, 3.63) is 29.3 Å². The molecule has 0 aliphatic heterocycles. The normalized spacial score (nSPS) is 11.2. The molecule has 1 rings (SSSR count). The van der Waals surface area contributed by atoms with Gasteiger partial charge in [0.15, 0.2) is 0 Å². The Labute approximate surface area is 113 Å². The van der Waals surface area contributed by atoms with Crippen molar-refractivity contribution in [2.24, 2.45) is 5.73 Å². The Bertz CT molecular complexity index is 490. The number of hydrogen-bond acceptors (Lipinski definition) is 3. The molecule has 104 valence electrons. The zero-order valence-corrected chi connectivity index (χ0v) is 11.7. The fourth-order valence-electron chi connectivity index (χ4n) is 1.43. The molecule has 5 heteroatoms. The maximum Gasteiger partial charge on any atom is 0.250 e. The van der Waals surface area contributed by atoms with Crippen molar-refractivity contribution in [3.8, 4) is 0 Å². The van der Waals surface area contributed by atoms with Crippen molar-refractivity contribution in [2.75, 3.05) is 11.9 Å². The summed E-state index contributed by atoms with van der Waals surface area (Å²) in [7, 11) is 0. The highest BCUT2D eigenvalue weighted by atomic mass is 16.5. The van der Waals surface area contributed by atoms with Crippen molar-refractivity contribution in [3.63, 3.8) is 0 Å². The largest absolute Gasteiger partial charge is 0.366 e. The summed E-state index contributed by atoms with van der Waals surface area (Å²) in [6.07, 6.45) is 0. The number of primary amides is 1. The van der Waals surface area contributed by atoms with Crippen molar-refractivity contribution < 1.29 is 14.3 Å². The molecule has 0 aromatic heterocycles. The van der Waals surface area contributed by atoms with Gasteiger partial charge in [-0.15, -0.1) is 0 Å². The monoisotopic (exact) mass is 264 g/mol. The van der Waals surface area contributed by atoms with Gasteiger partial charge in [-0.1, -0.05) is 0 Å². The van der Waals surface area contributed by atoms with E-state index in [1.54, 1.807) is 25.1 Å². The highest BCUT2D eigenvalue weighted by Crippen LogP contribution is 2.16. The Hall–Kier alpha value is -1.88. The fraction of sp³-hybridized carbons (Fsp3) is 0.429. The second-order valence-electron chi connectivity index (χ2n) is 5.34. The number of anilines is 1. The summed E-state index contributed by atoms with van der Waals surface area (Å²) in [4.78, 5) is 22.7. The Morgan fingerprint density at radius 1 is 1.32 bits per heavy atom. The van der Waals surface area contributed by atoms with Gasteiger partial charge in [-0.05, 0) is 51.5 Å². The smallest absolute Gasteiger partial charge is 0.250 e. The summed E-state index contributed by atoms with van der Waals surface area (Å²) >= 11 is 0. The van der Waals surface area contributed by atoms with E-state index in [0.29, 0.717) is 11.3 Å². The van der Waals surface area contributed by atoms with Gasteiger partial charge in [-0.25, -0.2) is 0 Å². The molecule has 0 bridgehead atoms. The Kier molecular flexibility index (Phi) is 4.67. The first-order chi connectivity index (χ1) is 8.69. The summed E-state index contributed by atoms with van der Waals surface area (Å²) in [6.45, 7) is 7.43. The van der Waals surface area contributed by atoms with Gasteiger partial charge in [-0.3, -0.25) is 9.59 Å². The lowest BCUT2D eigenvalue weighted by molar-refractivity contribution is -0.125. The Morgan fingerprint density at radius 3 is 2.42 bits per heavy atom. The van der Waals surface area contributed by atoms with E-state index >= 15 is 0 Å². The quantitative estimate of drug-likeness (QED) is 0.870. The van der Waals surface area contributed by atoms with Gasteiger partial charge >= 0.3 is 0 Å². The van der Waals surface area contributed by atoms with Gasteiger partial charge in [0.1, 0.15) is 6.61 Å². The molecular formula is C14H20N2O3. The maximum absolute atomic E-state index is 11.7. The van der Waals surface area contributed by atoms with E-state index in [9.17, 15) is 9.59 Å². The molecule has 0 atom stereocenters. The Balaban J connectivity index is 2.67. The van der Waals surface area contributed by atoms with Gasteiger partial charge in [0, 0.05) is 11.3 Å². The second-order valence-corrected chi connectivity index (χ2v) is 5.34. The second kappa shape index (κ2) is 5.84. The fourth-order valence-corrected chi connectivity index (χ4v) is 1.43. The zero-order valence-electron chi connectivity index (χ0n) is 11.7. The third-order valence-corrected chi connectivity index (χ3v) is 2.42. The van der Waals surface area contributed by atoms with Crippen LogP contribution in [0, 0.1) is 6.92 Å². The van der Waals surface area contributed by atoms with Crippen LogP contribution in [0.1, 0.15) is 36.7 Å². The first-order valence-electron chi connectivity index (χ1n) is 6.03. The molecule has 0 aliphatic rings. The van der Waals surface area contributed by atoms with Crippen LogP contribution in [0.4, 0.5) is 5.69 Å². The molecule has 5 nitrogen and oxygen atoms in total. The van der Waals surface area contributed by atoms with E-state index in [2.05, 4.69) is 5.32 Å². The summed E-state index contributed by atoms with van der Waals surface area (Å²) < 4.78 is 5.38. The zero-order chi connectivity index (χ0) is 14.6. The standard InChI is InChI=1S/C14H20N2O3/c1-9-7-10(13(15)18)5-6-11(9)16-12(17)8-19-14(2,3)4/h5-7H,8H2,1-4H3,(H2,15,18)(H,16,17). The molecule has 0 saturated heterocycles. The number of hydrogen-bond donors (Lipinski definition) is 2. The average molecular weight is 264 g/mol. The molecule has 0 unspecified atom stereocenters. The molecule has 0 radical (unpaired) electrons. The molecule has 0 saturated carbocycles. The highest BCUT2D eigenvalue weighted by Gasteiger charge is 2.13. The first-order valence-corrected chi connectivity index (χ1v) is 6.03. The van der Waals surface area contributed by atoms with Gasteiger partial charge in [-0.2, -0.15) is 0 Å². The van der Waals surface area contributed by atoms with Crippen LogP contribution >= 0.6 is 0 Å². The average Bonchev–Trinajstić information content (AvgIpc) is 2.28. The number of nitrogens with one attached hydrogen (secondary N) is 1. The molecule has 0 heterocycles. The number of carbonyl (C=O) groups excluding carboxylic acids is 2. The van der Waals surface area contributed by atoms with Gasteiger partial charge in [0.2, 0.25) is 11.8 Å². The van der Waals surface area contributed by atoms with Crippen molar-refractivity contribution in [1.29, 1.82) is 0 Å². The SMILES string of the molecule is Cc1cc(C(N)=O)ccc1NC(=O)COC(C)(C)C. The van der Waals surface area contributed by atoms with Crippen LogP contribution < -0.4 is 11.1 Å². The van der Waals surface area contributed by atoms with Gasteiger partial charge in [0.25, 0.3) is 0 Å². The minimum absolute atomic E-state index is 0.0134. The molecule has 2 amide bonds. The molecule has 19 heavy (non-hydrogen) atoms. The number of amides is 2. The summed E-state index contributed by atoms with van der Waals surface area (Å²) in [5.74, 6) is -0.720. The maximum atomic E-state index is 11.7. The molecule has 0 spiro atoms. The number of aryl methyl sites for hydroxylation is 1. The van der Waals surface area contributed by atoms with E-state index in [-0.39, 0.29) is 18.1 Å². The molecule has 0 fully saturated rings. The lowest BCUT2D eigenvalue weighted by Gasteiger charge is -2.19. The molecule has 3 N–H and O–H groups in total. The lowest BCUT2D eigenvalue weighted by Crippen LogP contribution is -2.27. The molecule has 1 aromatic rings. The van der Waals surface area contributed by atoms with Crippen LogP contribution in [0.3, 0.4) is 0 Å². The van der Waals surface area contributed by atoms with E-state index < -0.39 is 5.91 Å². The van der Waals surface area contributed by atoms with Crippen LogP contribution in [0.5, 0.6) is 0 Å². The number of rotatable bonds is 4. The van der Waals surface area contributed by atoms with E-state index in [4.69, 9.17) is 10.5 Å². The van der Waals surface area contributed by atoms with E-state index in [0.717, 1.165) is 5.56 Å². The van der Waals surface area contributed by atoms with Crippen molar-refractivity contribution in [1.82, 2.24) is 0 Å². The summed E-state index contributed by atoms with van der Waals surface area (Å²) in [5, 5.41) is 2.73. The van der Waals surface area contributed by atoms with Gasteiger partial charge < -0.3 is 15.8 Å². The van der Waals surface area contributed by atoms with Crippen LogP contribution in [-0.4, -0.2) is 24.0 Å². The van der Waals surface area contributed by atoms with Crippen LogP contribution in [0.25, 0.3) is 0 Å². The summed E-state index contributed by atoms with van der Waals surface area (Å²) in [6, 6.07) is 4.88. The van der Waals surface area contributed by atoms with Crippen LogP contribution in [-0.2, 0) is 9.53 Å². The lowest BCUT2D eigenvalue weighted by atomic mass is 10.1. The predicted molar refractivity (Wildman–Crippen MR) is 74.0 cm³/mol. The predicted octanol–water partition coefficient (Wildman–Crippen LogP) is 1.85. The van der Waals surface area contributed by atoms with Crippen LogP contribution in [0.2, 0.25) is 0 Å². The number of benzene rings is 1. The van der Waals surface area contributed by atoms with Crippen molar-refractivity contribution in [2.45, 2.75) is 33.3 Å². The van der Waals surface area contributed by atoms with E-state index in [1.807, 2.05) is 20.8 Å². The molecule has 1 aromatic carbocycles. The summed E-state index contributed by atoms with van der Waals surface area (Å²) in [5.41, 5.74) is 6.67.